The van der Waals surface area contributed by atoms with Crippen LogP contribution in [-0.4, -0.2) is 37.6 Å². The average molecular weight is 253 g/mol. The Morgan fingerprint density at radius 3 is 2.82 bits per heavy atom. The first-order valence-corrected chi connectivity index (χ1v) is 5.06. The predicted octanol–water partition coefficient (Wildman–Crippen LogP) is 1.48. The summed E-state index contributed by atoms with van der Waals surface area (Å²) in [5.74, 6) is 0.411. The van der Waals surface area contributed by atoms with Gasteiger partial charge in [-0.3, -0.25) is 0 Å². The normalized spacial score (nSPS) is 13.9. The second kappa shape index (κ2) is 6.63. The van der Waals surface area contributed by atoms with Crippen LogP contribution < -0.4 is 5.32 Å². The van der Waals surface area contributed by atoms with Gasteiger partial charge in [-0.05, 0) is 12.1 Å². The standard InChI is InChI=1S/C10H14F3NO3/c11-10(12,13)7-16-5-3-14-6-8(15)9-2-1-4-17-9/h1-2,4,8,14-15H,3,5-7H2. The Hall–Kier alpha value is -1.05. The van der Waals surface area contributed by atoms with Gasteiger partial charge in [-0.15, -0.1) is 0 Å². The summed E-state index contributed by atoms with van der Waals surface area (Å²) in [6.45, 7) is -0.892. The molecule has 1 heterocycles. The average Bonchev–Trinajstić information content (AvgIpc) is 2.74. The van der Waals surface area contributed by atoms with Crippen LogP contribution in [0.3, 0.4) is 0 Å². The van der Waals surface area contributed by atoms with Crippen molar-refractivity contribution < 1.29 is 27.4 Å². The highest BCUT2D eigenvalue weighted by Gasteiger charge is 2.27. The van der Waals surface area contributed by atoms with Crippen molar-refractivity contribution in [2.75, 3.05) is 26.3 Å². The molecule has 0 aliphatic rings. The Labute approximate surface area is 96.4 Å². The molecule has 0 saturated heterocycles. The Morgan fingerprint density at radius 1 is 1.47 bits per heavy atom. The van der Waals surface area contributed by atoms with Gasteiger partial charge in [0, 0.05) is 13.1 Å². The SMILES string of the molecule is OC(CNCCOCC(F)(F)F)c1ccco1. The van der Waals surface area contributed by atoms with E-state index in [0.29, 0.717) is 5.76 Å². The van der Waals surface area contributed by atoms with Crippen molar-refractivity contribution in [1.29, 1.82) is 0 Å². The molecule has 0 bridgehead atoms. The lowest BCUT2D eigenvalue weighted by atomic mass is 10.3. The number of aliphatic hydroxyl groups excluding tert-OH is 1. The number of hydrogen-bond donors (Lipinski definition) is 2. The summed E-state index contributed by atoms with van der Waals surface area (Å²) in [6, 6.07) is 3.26. The fourth-order valence-corrected chi connectivity index (χ4v) is 1.15. The van der Waals surface area contributed by atoms with Gasteiger partial charge < -0.3 is 19.6 Å². The quantitative estimate of drug-likeness (QED) is 0.723. The zero-order valence-electron chi connectivity index (χ0n) is 9.04. The largest absolute Gasteiger partial charge is 0.467 e. The number of hydrogen-bond acceptors (Lipinski definition) is 4. The lowest BCUT2D eigenvalue weighted by Gasteiger charge is -2.10. The van der Waals surface area contributed by atoms with Crippen molar-refractivity contribution in [3.63, 3.8) is 0 Å². The zero-order valence-corrected chi connectivity index (χ0v) is 9.04. The van der Waals surface area contributed by atoms with Crippen LogP contribution in [0.15, 0.2) is 22.8 Å². The van der Waals surface area contributed by atoms with Crippen LogP contribution in [0.25, 0.3) is 0 Å². The summed E-state index contributed by atoms with van der Waals surface area (Å²) < 4.78 is 44.4. The van der Waals surface area contributed by atoms with Crippen LogP contribution in [0, 0.1) is 0 Å². The molecular weight excluding hydrogens is 239 g/mol. The van der Waals surface area contributed by atoms with E-state index in [1.807, 2.05) is 0 Å². The zero-order chi connectivity index (χ0) is 12.7. The third-order valence-corrected chi connectivity index (χ3v) is 1.90. The minimum atomic E-state index is -4.30. The Balaban J connectivity index is 2.01. The van der Waals surface area contributed by atoms with Crippen LogP contribution in [-0.2, 0) is 4.74 Å². The summed E-state index contributed by atoms with van der Waals surface area (Å²) in [4.78, 5) is 0. The second-order valence-corrected chi connectivity index (χ2v) is 3.40. The van der Waals surface area contributed by atoms with Crippen LogP contribution in [0.1, 0.15) is 11.9 Å². The van der Waals surface area contributed by atoms with Crippen molar-refractivity contribution in [1.82, 2.24) is 5.32 Å². The predicted molar refractivity (Wildman–Crippen MR) is 53.4 cm³/mol. The number of aliphatic hydroxyl groups is 1. The van der Waals surface area contributed by atoms with Crippen molar-refractivity contribution in [3.8, 4) is 0 Å². The topological polar surface area (TPSA) is 54.6 Å². The monoisotopic (exact) mass is 253 g/mol. The molecule has 7 heteroatoms. The van der Waals surface area contributed by atoms with Crippen LogP contribution in [0.2, 0.25) is 0 Å². The number of alkyl halides is 3. The Kier molecular flexibility index (Phi) is 5.46. The molecule has 0 saturated carbocycles. The first kappa shape index (κ1) is 14.0. The summed E-state index contributed by atoms with van der Waals surface area (Å²) in [5, 5.41) is 12.3. The fraction of sp³-hybridized carbons (Fsp3) is 0.600. The molecule has 0 aliphatic heterocycles. The number of halogens is 3. The summed E-state index contributed by atoms with van der Waals surface area (Å²) in [5.41, 5.74) is 0. The molecule has 0 fully saturated rings. The molecule has 1 aromatic rings. The number of rotatable bonds is 7. The van der Waals surface area contributed by atoms with Crippen LogP contribution in [0.4, 0.5) is 13.2 Å². The van der Waals surface area contributed by atoms with E-state index in [2.05, 4.69) is 10.1 Å². The molecule has 1 rings (SSSR count). The van der Waals surface area contributed by atoms with Crippen molar-refractivity contribution in [2.24, 2.45) is 0 Å². The maximum atomic E-state index is 11.7. The minimum Gasteiger partial charge on any atom is -0.467 e. The third-order valence-electron chi connectivity index (χ3n) is 1.90. The second-order valence-electron chi connectivity index (χ2n) is 3.40. The Morgan fingerprint density at radius 2 is 2.24 bits per heavy atom. The summed E-state index contributed by atoms with van der Waals surface area (Å²) in [6.07, 6.45) is -3.67. The maximum absolute atomic E-state index is 11.7. The van der Waals surface area contributed by atoms with Gasteiger partial charge in [0.15, 0.2) is 0 Å². The van der Waals surface area contributed by atoms with E-state index < -0.39 is 18.9 Å². The van der Waals surface area contributed by atoms with Gasteiger partial charge in [0.25, 0.3) is 0 Å². The summed E-state index contributed by atoms with van der Waals surface area (Å²) >= 11 is 0. The molecule has 0 aromatic carbocycles. The lowest BCUT2D eigenvalue weighted by Crippen LogP contribution is -2.27. The molecule has 98 valence electrons. The van der Waals surface area contributed by atoms with E-state index in [1.165, 1.54) is 6.26 Å². The van der Waals surface area contributed by atoms with E-state index in [-0.39, 0.29) is 19.7 Å². The molecule has 0 amide bonds. The maximum Gasteiger partial charge on any atom is 0.411 e. The van der Waals surface area contributed by atoms with E-state index in [0.717, 1.165) is 0 Å². The summed E-state index contributed by atoms with van der Waals surface area (Å²) in [7, 11) is 0. The number of nitrogens with one attached hydrogen (secondary N) is 1. The molecule has 17 heavy (non-hydrogen) atoms. The van der Waals surface area contributed by atoms with Gasteiger partial charge in [-0.1, -0.05) is 0 Å². The van der Waals surface area contributed by atoms with E-state index in [4.69, 9.17) is 4.42 Å². The van der Waals surface area contributed by atoms with Gasteiger partial charge in [-0.2, -0.15) is 13.2 Å². The molecule has 1 aromatic heterocycles. The highest BCUT2D eigenvalue weighted by Crippen LogP contribution is 2.14. The van der Waals surface area contributed by atoms with E-state index in [1.54, 1.807) is 12.1 Å². The molecule has 0 spiro atoms. The van der Waals surface area contributed by atoms with Gasteiger partial charge in [-0.25, -0.2) is 0 Å². The van der Waals surface area contributed by atoms with Crippen molar-refractivity contribution in [3.05, 3.63) is 24.2 Å². The molecule has 1 atom stereocenters. The number of furan rings is 1. The molecular formula is C10H14F3NO3. The minimum absolute atomic E-state index is 0.0651. The van der Waals surface area contributed by atoms with E-state index >= 15 is 0 Å². The first-order valence-electron chi connectivity index (χ1n) is 5.06. The lowest BCUT2D eigenvalue weighted by molar-refractivity contribution is -0.173. The highest BCUT2D eigenvalue weighted by atomic mass is 19.4. The van der Waals surface area contributed by atoms with Gasteiger partial charge in [0.05, 0.1) is 12.9 Å². The highest BCUT2D eigenvalue weighted by molar-refractivity contribution is 5.01. The van der Waals surface area contributed by atoms with Crippen LogP contribution >= 0.6 is 0 Å². The first-order chi connectivity index (χ1) is 7.99. The third kappa shape index (κ3) is 6.30. The van der Waals surface area contributed by atoms with Gasteiger partial charge in [0.2, 0.25) is 0 Å². The molecule has 1 unspecified atom stereocenters. The smallest absolute Gasteiger partial charge is 0.411 e. The molecule has 2 N–H and O–H groups in total. The van der Waals surface area contributed by atoms with Gasteiger partial charge in [0.1, 0.15) is 18.5 Å². The van der Waals surface area contributed by atoms with Crippen LogP contribution in [0.5, 0.6) is 0 Å². The van der Waals surface area contributed by atoms with Gasteiger partial charge >= 0.3 is 6.18 Å². The van der Waals surface area contributed by atoms with Crippen molar-refractivity contribution in [2.45, 2.75) is 12.3 Å². The fourth-order valence-electron chi connectivity index (χ4n) is 1.15. The Bertz CT molecular complexity index is 300. The van der Waals surface area contributed by atoms with Crippen molar-refractivity contribution >= 4 is 0 Å². The molecule has 0 radical (unpaired) electrons. The molecule has 0 aliphatic carbocycles. The van der Waals surface area contributed by atoms with E-state index in [9.17, 15) is 18.3 Å². The number of ether oxygens (including phenoxy) is 1. The molecule has 4 nitrogen and oxygen atoms in total.